The van der Waals surface area contributed by atoms with Crippen LogP contribution in [0, 0.1) is 0 Å². The molecule has 0 aromatic carbocycles. The summed E-state index contributed by atoms with van der Waals surface area (Å²) in [5, 5.41) is 10.9. The summed E-state index contributed by atoms with van der Waals surface area (Å²) in [7, 11) is 0. The number of thiophene rings is 1. The van der Waals surface area contributed by atoms with E-state index >= 15 is 0 Å². The van der Waals surface area contributed by atoms with Crippen LogP contribution in [0.1, 0.15) is 18.4 Å². The molecular formula is C9H7BrO3S. The largest absolute Gasteiger partial charge is 0.481 e. The zero-order valence-electron chi connectivity index (χ0n) is 7.12. The Kier molecular flexibility index (Phi) is 2.23. The number of hydrogen-bond acceptors (Lipinski definition) is 3. The fraction of sp³-hybridized carbons (Fsp3) is 0.333. The summed E-state index contributed by atoms with van der Waals surface area (Å²) in [6.07, 6.45) is 0.261. The van der Waals surface area contributed by atoms with Gasteiger partial charge in [0.15, 0.2) is 0 Å². The van der Waals surface area contributed by atoms with Crippen LogP contribution in [-0.2, 0) is 15.0 Å². The van der Waals surface area contributed by atoms with Gasteiger partial charge in [0.1, 0.15) is 11.2 Å². The third kappa shape index (κ3) is 1.31. The first-order valence-electron chi connectivity index (χ1n) is 4.04. The van der Waals surface area contributed by atoms with Crippen molar-refractivity contribution in [3.05, 3.63) is 20.8 Å². The summed E-state index contributed by atoms with van der Waals surface area (Å²) in [5.41, 5.74) is -0.207. The Morgan fingerprint density at radius 2 is 2.21 bits per heavy atom. The van der Waals surface area contributed by atoms with E-state index in [0.29, 0.717) is 0 Å². The number of carboxylic acids is 1. The number of Topliss-reactive ketones (excluding diaryl/α,β-unsaturated/α-hetero) is 1. The second-order valence-electron chi connectivity index (χ2n) is 3.42. The quantitative estimate of drug-likeness (QED) is 0.900. The minimum Gasteiger partial charge on any atom is -0.481 e. The molecule has 0 saturated heterocycles. The van der Waals surface area contributed by atoms with Crippen molar-refractivity contribution in [2.45, 2.75) is 18.3 Å². The van der Waals surface area contributed by atoms with Crippen molar-refractivity contribution in [1.82, 2.24) is 0 Å². The summed E-state index contributed by atoms with van der Waals surface area (Å²) in [6.45, 7) is 0. The Morgan fingerprint density at radius 1 is 1.57 bits per heavy atom. The van der Waals surface area contributed by atoms with Gasteiger partial charge in [0, 0.05) is 12.8 Å². The van der Waals surface area contributed by atoms with E-state index in [0.717, 1.165) is 9.35 Å². The molecule has 2 rings (SSSR count). The molecule has 0 spiro atoms. The predicted molar refractivity (Wildman–Crippen MR) is 55.6 cm³/mol. The summed E-state index contributed by atoms with van der Waals surface area (Å²) < 4.78 is 0.896. The monoisotopic (exact) mass is 274 g/mol. The average Bonchev–Trinajstić information content (AvgIpc) is 2.45. The van der Waals surface area contributed by atoms with Gasteiger partial charge < -0.3 is 5.11 Å². The molecular weight excluding hydrogens is 268 g/mol. The number of rotatable bonds is 2. The Morgan fingerprint density at radius 3 is 2.57 bits per heavy atom. The lowest BCUT2D eigenvalue weighted by Crippen LogP contribution is -2.48. The molecule has 0 unspecified atom stereocenters. The molecule has 0 radical (unpaired) electrons. The molecule has 1 saturated carbocycles. The van der Waals surface area contributed by atoms with E-state index in [9.17, 15) is 9.59 Å². The topological polar surface area (TPSA) is 54.4 Å². The van der Waals surface area contributed by atoms with Gasteiger partial charge in [0.05, 0.1) is 3.79 Å². The van der Waals surface area contributed by atoms with E-state index < -0.39 is 11.4 Å². The second-order valence-corrected chi connectivity index (χ2v) is 5.71. The Bertz CT molecular complexity index is 402. The second kappa shape index (κ2) is 3.17. The number of ketones is 1. The lowest BCUT2D eigenvalue weighted by molar-refractivity contribution is -0.153. The molecule has 14 heavy (non-hydrogen) atoms. The number of hydrogen-bond donors (Lipinski definition) is 1. The van der Waals surface area contributed by atoms with E-state index in [1.165, 1.54) is 11.3 Å². The Labute approximate surface area is 92.9 Å². The van der Waals surface area contributed by atoms with E-state index in [1.54, 1.807) is 11.4 Å². The van der Waals surface area contributed by atoms with Crippen molar-refractivity contribution < 1.29 is 14.7 Å². The van der Waals surface area contributed by atoms with Gasteiger partial charge in [-0.2, -0.15) is 0 Å². The van der Waals surface area contributed by atoms with Gasteiger partial charge in [-0.25, -0.2) is 0 Å². The van der Waals surface area contributed by atoms with Crippen LogP contribution in [0.2, 0.25) is 0 Å². The molecule has 0 amide bonds. The maximum Gasteiger partial charge on any atom is 0.315 e. The lowest BCUT2D eigenvalue weighted by Gasteiger charge is -2.35. The van der Waals surface area contributed by atoms with E-state index in [4.69, 9.17) is 5.11 Å². The number of aliphatic carboxylic acids is 1. The molecule has 0 atom stereocenters. The lowest BCUT2D eigenvalue weighted by atomic mass is 9.64. The van der Waals surface area contributed by atoms with Gasteiger partial charge in [-0.15, -0.1) is 11.3 Å². The molecule has 5 heteroatoms. The normalized spacial score (nSPS) is 19.1. The van der Waals surface area contributed by atoms with Crippen molar-refractivity contribution in [2.75, 3.05) is 0 Å². The predicted octanol–water partition coefficient (Wildman–Crippen LogP) is 2.20. The van der Waals surface area contributed by atoms with Gasteiger partial charge in [-0.3, -0.25) is 9.59 Å². The highest BCUT2D eigenvalue weighted by molar-refractivity contribution is 9.11. The minimum absolute atomic E-state index is 0.0229. The van der Waals surface area contributed by atoms with Crippen molar-refractivity contribution in [1.29, 1.82) is 0 Å². The molecule has 1 aromatic rings. The molecule has 1 aliphatic carbocycles. The molecule has 0 bridgehead atoms. The van der Waals surface area contributed by atoms with Crippen LogP contribution < -0.4 is 0 Å². The highest BCUT2D eigenvalue weighted by Gasteiger charge is 2.51. The first kappa shape index (κ1) is 9.86. The number of carboxylic acid groups (broad SMARTS) is 1. The molecule has 3 nitrogen and oxygen atoms in total. The summed E-state index contributed by atoms with van der Waals surface area (Å²) in [6, 6.07) is 1.78. The standard InChI is InChI=1S/C9H7BrO3S/c10-7-1-5(4-14-7)9(8(12)13)2-6(11)3-9/h1,4H,2-3H2,(H,12,13). The van der Waals surface area contributed by atoms with Crippen LogP contribution in [0.5, 0.6) is 0 Å². The van der Waals surface area contributed by atoms with Gasteiger partial charge in [-0.1, -0.05) is 0 Å². The summed E-state index contributed by atoms with van der Waals surface area (Å²) in [4.78, 5) is 22.0. The number of carbonyl (C=O) groups excluding carboxylic acids is 1. The molecule has 74 valence electrons. The SMILES string of the molecule is O=C1CC(C(=O)O)(c2csc(Br)c2)C1. The van der Waals surface area contributed by atoms with Crippen LogP contribution in [-0.4, -0.2) is 16.9 Å². The fourth-order valence-electron chi connectivity index (χ4n) is 1.66. The van der Waals surface area contributed by atoms with Crippen molar-refractivity contribution >= 4 is 39.0 Å². The number of carbonyl (C=O) groups is 2. The molecule has 1 fully saturated rings. The highest BCUT2D eigenvalue weighted by atomic mass is 79.9. The van der Waals surface area contributed by atoms with Crippen LogP contribution in [0.25, 0.3) is 0 Å². The van der Waals surface area contributed by atoms with Gasteiger partial charge in [0.25, 0.3) is 0 Å². The zero-order valence-corrected chi connectivity index (χ0v) is 9.52. The van der Waals surface area contributed by atoms with Gasteiger partial charge in [0.2, 0.25) is 0 Å². The van der Waals surface area contributed by atoms with Crippen molar-refractivity contribution in [2.24, 2.45) is 0 Å². The minimum atomic E-state index is -0.945. The maximum atomic E-state index is 11.1. The van der Waals surface area contributed by atoms with Crippen molar-refractivity contribution in [3.63, 3.8) is 0 Å². The number of halogens is 1. The van der Waals surface area contributed by atoms with Crippen LogP contribution in [0.3, 0.4) is 0 Å². The molecule has 1 N–H and O–H groups in total. The average molecular weight is 275 g/mol. The Hall–Kier alpha value is -0.680. The zero-order chi connectivity index (χ0) is 10.3. The fourth-order valence-corrected chi connectivity index (χ4v) is 2.92. The van der Waals surface area contributed by atoms with E-state index in [2.05, 4.69) is 15.9 Å². The third-order valence-corrected chi connectivity index (χ3v) is 4.03. The summed E-state index contributed by atoms with van der Waals surface area (Å²) >= 11 is 4.72. The molecule has 1 aliphatic rings. The van der Waals surface area contributed by atoms with Crippen LogP contribution in [0.4, 0.5) is 0 Å². The van der Waals surface area contributed by atoms with Crippen LogP contribution >= 0.6 is 27.3 Å². The van der Waals surface area contributed by atoms with Gasteiger partial charge >= 0.3 is 5.97 Å². The molecule has 1 heterocycles. The van der Waals surface area contributed by atoms with Crippen LogP contribution in [0.15, 0.2) is 15.2 Å². The first-order valence-corrected chi connectivity index (χ1v) is 5.71. The van der Waals surface area contributed by atoms with Gasteiger partial charge in [-0.05, 0) is 32.9 Å². The summed E-state index contributed by atoms with van der Waals surface area (Å²) in [5.74, 6) is -0.878. The first-order chi connectivity index (χ1) is 6.54. The maximum absolute atomic E-state index is 11.1. The smallest absolute Gasteiger partial charge is 0.315 e. The van der Waals surface area contributed by atoms with E-state index in [-0.39, 0.29) is 18.6 Å². The highest BCUT2D eigenvalue weighted by Crippen LogP contribution is 2.43. The third-order valence-electron chi connectivity index (χ3n) is 2.53. The molecule has 1 aromatic heterocycles. The van der Waals surface area contributed by atoms with E-state index in [1.807, 2.05) is 0 Å². The molecule has 0 aliphatic heterocycles. The Balaban J connectivity index is 2.38. The van der Waals surface area contributed by atoms with Crippen molar-refractivity contribution in [3.8, 4) is 0 Å².